The number of nitrogens with one attached hydrogen (secondary N) is 1. The Morgan fingerprint density at radius 1 is 1.00 bits per heavy atom. The minimum absolute atomic E-state index is 0.151. The first-order valence-electron chi connectivity index (χ1n) is 14.9. The van der Waals surface area contributed by atoms with Crippen molar-refractivity contribution in [2.75, 3.05) is 38.2 Å². The Labute approximate surface area is 225 Å². The van der Waals surface area contributed by atoms with Crippen LogP contribution in [0.4, 0.5) is 5.82 Å². The molecule has 3 saturated heterocycles. The molecule has 3 fully saturated rings. The third kappa shape index (κ3) is 3.75. The molecule has 5 aliphatic rings. The average molecular weight is 510 g/mol. The third-order valence-corrected chi connectivity index (χ3v) is 10.4. The number of fused-ring (bicyclic) bond motifs is 4. The van der Waals surface area contributed by atoms with Gasteiger partial charge in [-0.15, -0.1) is 0 Å². The van der Waals surface area contributed by atoms with Gasteiger partial charge in [0.2, 0.25) is 0 Å². The molecule has 1 spiro atoms. The van der Waals surface area contributed by atoms with Crippen molar-refractivity contribution in [1.82, 2.24) is 20.2 Å². The molecule has 0 radical (unpaired) electrons. The highest BCUT2D eigenvalue weighted by Gasteiger charge is 2.43. The molecule has 0 saturated carbocycles. The van der Waals surface area contributed by atoms with Crippen molar-refractivity contribution >= 4 is 16.6 Å². The Morgan fingerprint density at radius 2 is 1.82 bits per heavy atom. The Hall–Kier alpha value is -2.70. The van der Waals surface area contributed by atoms with Crippen LogP contribution in [0.1, 0.15) is 60.9 Å². The zero-order chi connectivity index (χ0) is 25.3. The van der Waals surface area contributed by atoms with Gasteiger partial charge in [-0.05, 0) is 86.9 Å². The maximum Gasteiger partial charge on any atom is 0.318 e. The van der Waals surface area contributed by atoms with Crippen LogP contribution in [0.5, 0.6) is 6.01 Å². The third-order valence-electron chi connectivity index (χ3n) is 10.4. The summed E-state index contributed by atoms with van der Waals surface area (Å²) in [4.78, 5) is 15.3. The van der Waals surface area contributed by atoms with Crippen molar-refractivity contribution in [2.24, 2.45) is 0 Å². The summed E-state index contributed by atoms with van der Waals surface area (Å²) < 4.78 is 6.41. The molecule has 1 unspecified atom stereocenters. The van der Waals surface area contributed by atoms with Gasteiger partial charge in [-0.2, -0.15) is 9.97 Å². The van der Waals surface area contributed by atoms with Crippen LogP contribution in [-0.4, -0.2) is 66.3 Å². The molecule has 6 nitrogen and oxygen atoms in total. The second kappa shape index (κ2) is 8.92. The number of hydrogen-bond acceptors (Lipinski definition) is 6. The smallest absolute Gasteiger partial charge is 0.318 e. The summed E-state index contributed by atoms with van der Waals surface area (Å²) >= 11 is 0. The molecule has 4 atom stereocenters. The van der Waals surface area contributed by atoms with E-state index in [0.29, 0.717) is 30.7 Å². The topological polar surface area (TPSA) is 53.5 Å². The molecule has 4 heterocycles. The normalized spacial score (nSPS) is 30.2. The second-order valence-electron chi connectivity index (χ2n) is 12.7. The number of benzene rings is 2. The van der Waals surface area contributed by atoms with Crippen LogP contribution in [0.2, 0.25) is 0 Å². The van der Waals surface area contributed by atoms with Crippen LogP contribution in [-0.2, 0) is 24.7 Å². The number of ether oxygens (including phenoxy) is 1. The van der Waals surface area contributed by atoms with Gasteiger partial charge in [0.25, 0.3) is 0 Å². The van der Waals surface area contributed by atoms with Gasteiger partial charge in [0.1, 0.15) is 12.4 Å². The van der Waals surface area contributed by atoms with Gasteiger partial charge in [0.05, 0.1) is 5.69 Å². The number of rotatable bonds is 4. The molecule has 3 aliphatic heterocycles. The number of aryl methyl sites for hydroxylation is 1. The highest BCUT2D eigenvalue weighted by molar-refractivity contribution is 5.90. The van der Waals surface area contributed by atoms with E-state index in [1.165, 1.54) is 71.7 Å². The minimum Gasteiger partial charge on any atom is -0.462 e. The number of likely N-dealkylation sites (N-methyl/N-ethyl adjacent to an activating group) is 1. The van der Waals surface area contributed by atoms with Crippen molar-refractivity contribution in [2.45, 2.75) is 81.3 Å². The van der Waals surface area contributed by atoms with Gasteiger partial charge in [-0.3, -0.25) is 0 Å². The van der Waals surface area contributed by atoms with Crippen LogP contribution >= 0.6 is 0 Å². The maximum absolute atomic E-state index is 6.41. The summed E-state index contributed by atoms with van der Waals surface area (Å²) in [7, 11) is 2.21. The highest BCUT2D eigenvalue weighted by atomic mass is 16.5. The number of aromatic nitrogens is 2. The Balaban J connectivity index is 1.18. The molecule has 3 aromatic rings. The lowest BCUT2D eigenvalue weighted by molar-refractivity contribution is 0.186. The molecule has 2 bridgehead atoms. The number of piperazine rings is 1. The van der Waals surface area contributed by atoms with E-state index in [1.54, 1.807) is 0 Å². The summed E-state index contributed by atoms with van der Waals surface area (Å²) in [6, 6.07) is 16.0. The lowest BCUT2D eigenvalue weighted by Gasteiger charge is -2.43. The first-order chi connectivity index (χ1) is 18.6. The summed E-state index contributed by atoms with van der Waals surface area (Å²) in [5.41, 5.74) is 5.82. The van der Waals surface area contributed by atoms with Crippen LogP contribution in [0.25, 0.3) is 10.8 Å². The van der Waals surface area contributed by atoms with E-state index in [0.717, 1.165) is 44.7 Å². The van der Waals surface area contributed by atoms with E-state index in [2.05, 4.69) is 58.6 Å². The van der Waals surface area contributed by atoms with Crippen molar-refractivity contribution in [1.29, 1.82) is 0 Å². The van der Waals surface area contributed by atoms with E-state index >= 15 is 0 Å². The Bertz CT molecular complexity index is 1370. The fraction of sp³-hybridized carbons (Fsp3) is 0.562. The quantitative estimate of drug-likeness (QED) is 0.562. The van der Waals surface area contributed by atoms with Crippen LogP contribution in [0.3, 0.4) is 0 Å². The van der Waals surface area contributed by atoms with Gasteiger partial charge in [0.15, 0.2) is 0 Å². The number of hydrogen-bond donors (Lipinski definition) is 1. The van der Waals surface area contributed by atoms with Crippen LogP contribution in [0.15, 0.2) is 36.4 Å². The number of anilines is 1. The molecule has 38 heavy (non-hydrogen) atoms. The number of nitrogens with zero attached hydrogens (tertiary/aromatic N) is 4. The zero-order valence-corrected chi connectivity index (χ0v) is 22.6. The summed E-state index contributed by atoms with van der Waals surface area (Å²) in [5.74, 6) is 1.16. The molecule has 198 valence electrons. The van der Waals surface area contributed by atoms with Gasteiger partial charge in [-0.25, -0.2) is 0 Å². The monoisotopic (exact) mass is 509 g/mol. The lowest BCUT2D eigenvalue weighted by Crippen LogP contribution is -2.52. The summed E-state index contributed by atoms with van der Waals surface area (Å²) in [6.07, 6.45) is 10.6. The molecule has 2 aromatic carbocycles. The van der Waals surface area contributed by atoms with Crippen molar-refractivity contribution in [3.63, 3.8) is 0 Å². The van der Waals surface area contributed by atoms with Crippen molar-refractivity contribution in [3.05, 3.63) is 58.8 Å². The molecule has 0 amide bonds. The van der Waals surface area contributed by atoms with Crippen molar-refractivity contribution < 1.29 is 4.74 Å². The largest absolute Gasteiger partial charge is 0.462 e. The minimum atomic E-state index is 0.151. The fourth-order valence-corrected chi connectivity index (χ4v) is 8.35. The Morgan fingerprint density at radius 3 is 2.63 bits per heavy atom. The van der Waals surface area contributed by atoms with Crippen LogP contribution < -0.4 is 15.0 Å². The molecular weight excluding hydrogens is 470 g/mol. The first-order valence-corrected chi connectivity index (χ1v) is 14.9. The highest BCUT2D eigenvalue weighted by Crippen LogP contribution is 2.49. The molecule has 2 aliphatic carbocycles. The predicted octanol–water partition coefficient (Wildman–Crippen LogP) is 4.42. The predicted molar refractivity (Wildman–Crippen MR) is 151 cm³/mol. The zero-order valence-electron chi connectivity index (χ0n) is 22.6. The lowest BCUT2D eigenvalue weighted by atomic mass is 9.62. The van der Waals surface area contributed by atoms with E-state index in [9.17, 15) is 0 Å². The van der Waals surface area contributed by atoms with E-state index < -0.39 is 0 Å². The summed E-state index contributed by atoms with van der Waals surface area (Å²) in [6.45, 7) is 3.92. The van der Waals surface area contributed by atoms with E-state index in [-0.39, 0.29) is 5.41 Å². The molecule has 1 N–H and O–H groups in total. The van der Waals surface area contributed by atoms with Crippen molar-refractivity contribution in [3.8, 4) is 6.01 Å². The Kier molecular flexibility index (Phi) is 5.45. The van der Waals surface area contributed by atoms with Crippen LogP contribution in [0, 0.1) is 0 Å². The van der Waals surface area contributed by atoms with E-state index in [1.807, 2.05) is 0 Å². The molecular formula is C32H39N5O. The van der Waals surface area contributed by atoms with E-state index in [4.69, 9.17) is 14.7 Å². The van der Waals surface area contributed by atoms with Gasteiger partial charge < -0.3 is 19.9 Å². The standard InChI is InChI=1S/C32H39N5O/c1-36-16-4-8-25(36)20-38-31-34-28-17-32(14-12-22-6-2-5-21-7-3-9-27(32)29(21)22)15-13-26(28)30(35-31)37-18-23-10-11-24(19-37)33-23/h2-3,5-7,9,23-25,33H,4,8,10-20H2,1H3/t23-,24+,25-,32?/m0/s1. The molecule has 1 aromatic heterocycles. The maximum atomic E-state index is 6.41. The molecule has 8 rings (SSSR count). The number of likely N-dealkylation sites (tertiary alicyclic amines) is 1. The van der Waals surface area contributed by atoms with Gasteiger partial charge in [-0.1, -0.05) is 36.4 Å². The first kappa shape index (κ1) is 23.2. The average Bonchev–Trinajstić information content (AvgIpc) is 3.52. The molecule has 6 heteroatoms. The van der Waals surface area contributed by atoms with Gasteiger partial charge in [0, 0.05) is 48.6 Å². The van der Waals surface area contributed by atoms with Gasteiger partial charge >= 0.3 is 6.01 Å². The SMILES string of the molecule is CN1CCC[C@H]1COc1nc2c(c(N3C[C@H]4CC[C@@H](C3)N4)n1)CCC1(CCc3cccc4cccc1c34)C2. The summed E-state index contributed by atoms with van der Waals surface area (Å²) in [5, 5.41) is 6.68. The second-order valence-corrected chi connectivity index (χ2v) is 12.7. The fourth-order valence-electron chi connectivity index (χ4n) is 8.35.